The van der Waals surface area contributed by atoms with E-state index in [9.17, 15) is 4.79 Å². The van der Waals surface area contributed by atoms with Crippen LogP contribution in [0.4, 0.5) is 0 Å². The SMILES string of the molecule is CC(C#N)CC(=O)NCc1ccco1. The van der Waals surface area contributed by atoms with Crippen molar-refractivity contribution in [2.24, 2.45) is 5.92 Å². The lowest BCUT2D eigenvalue weighted by Gasteiger charge is -2.03. The number of nitrogens with one attached hydrogen (secondary N) is 1. The molecule has 0 aliphatic rings. The Morgan fingerprint density at radius 2 is 2.57 bits per heavy atom. The maximum absolute atomic E-state index is 11.2. The maximum Gasteiger partial charge on any atom is 0.221 e. The molecule has 4 nitrogen and oxygen atoms in total. The second kappa shape index (κ2) is 5.07. The topological polar surface area (TPSA) is 66.0 Å². The number of amides is 1. The van der Waals surface area contributed by atoms with Crippen molar-refractivity contribution in [3.05, 3.63) is 24.2 Å². The number of rotatable bonds is 4. The average molecular weight is 192 g/mol. The first-order valence-corrected chi connectivity index (χ1v) is 4.41. The summed E-state index contributed by atoms with van der Waals surface area (Å²) < 4.78 is 5.04. The molecule has 1 amide bonds. The molecule has 0 aromatic carbocycles. The summed E-state index contributed by atoms with van der Waals surface area (Å²) in [6.07, 6.45) is 1.79. The van der Waals surface area contributed by atoms with Crippen molar-refractivity contribution < 1.29 is 9.21 Å². The van der Waals surface area contributed by atoms with E-state index < -0.39 is 0 Å². The van der Waals surface area contributed by atoms with Gasteiger partial charge in [0.25, 0.3) is 0 Å². The summed E-state index contributed by atoms with van der Waals surface area (Å²) in [5.41, 5.74) is 0. The highest BCUT2D eigenvalue weighted by Crippen LogP contribution is 2.01. The third-order valence-electron chi connectivity index (χ3n) is 1.75. The van der Waals surface area contributed by atoms with Crippen LogP contribution in [0.15, 0.2) is 22.8 Å². The summed E-state index contributed by atoms with van der Waals surface area (Å²) in [4.78, 5) is 11.2. The molecule has 0 bridgehead atoms. The number of carbonyl (C=O) groups is 1. The van der Waals surface area contributed by atoms with E-state index >= 15 is 0 Å². The van der Waals surface area contributed by atoms with Gasteiger partial charge < -0.3 is 9.73 Å². The summed E-state index contributed by atoms with van der Waals surface area (Å²) >= 11 is 0. The van der Waals surface area contributed by atoms with E-state index in [-0.39, 0.29) is 18.2 Å². The number of hydrogen-bond acceptors (Lipinski definition) is 3. The van der Waals surface area contributed by atoms with Gasteiger partial charge in [0.15, 0.2) is 0 Å². The summed E-state index contributed by atoms with van der Waals surface area (Å²) in [7, 11) is 0. The Balaban J connectivity index is 2.26. The maximum atomic E-state index is 11.2. The van der Waals surface area contributed by atoms with Gasteiger partial charge in [-0.15, -0.1) is 0 Å². The van der Waals surface area contributed by atoms with E-state index in [1.54, 1.807) is 25.3 Å². The first kappa shape index (κ1) is 10.3. The molecule has 4 heteroatoms. The number of nitriles is 1. The van der Waals surface area contributed by atoms with E-state index in [2.05, 4.69) is 5.32 Å². The molecular weight excluding hydrogens is 180 g/mol. The predicted molar refractivity (Wildman–Crippen MR) is 49.9 cm³/mol. The van der Waals surface area contributed by atoms with Crippen molar-refractivity contribution >= 4 is 5.91 Å². The highest BCUT2D eigenvalue weighted by molar-refractivity contribution is 5.76. The first-order chi connectivity index (χ1) is 6.72. The fourth-order valence-corrected chi connectivity index (χ4v) is 0.995. The van der Waals surface area contributed by atoms with Crippen molar-refractivity contribution in [1.82, 2.24) is 5.32 Å². The van der Waals surface area contributed by atoms with Gasteiger partial charge in [-0.25, -0.2) is 0 Å². The molecule has 1 atom stereocenters. The Morgan fingerprint density at radius 1 is 1.79 bits per heavy atom. The molecule has 0 saturated heterocycles. The highest BCUT2D eigenvalue weighted by Gasteiger charge is 2.07. The smallest absolute Gasteiger partial charge is 0.221 e. The Kier molecular flexibility index (Phi) is 3.74. The van der Waals surface area contributed by atoms with E-state index in [1.165, 1.54) is 0 Å². The quantitative estimate of drug-likeness (QED) is 0.785. The summed E-state index contributed by atoms with van der Waals surface area (Å²) in [6, 6.07) is 5.55. The minimum absolute atomic E-state index is 0.129. The van der Waals surface area contributed by atoms with Crippen molar-refractivity contribution in [1.29, 1.82) is 5.26 Å². The zero-order chi connectivity index (χ0) is 10.4. The lowest BCUT2D eigenvalue weighted by atomic mass is 10.1. The summed E-state index contributed by atoms with van der Waals surface area (Å²) in [6.45, 7) is 2.09. The molecule has 14 heavy (non-hydrogen) atoms. The normalized spacial score (nSPS) is 11.7. The minimum atomic E-state index is -0.244. The number of furan rings is 1. The average Bonchev–Trinajstić information content (AvgIpc) is 2.67. The first-order valence-electron chi connectivity index (χ1n) is 4.41. The van der Waals surface area contributed by atoms with Crippen LogP contribution in [0.1, 0.15) is 19.1 Å². The Hall–Kier alpha value is -1.76. The van der Waals surface area contributed by atoms with Crippen LogP contribution in [0.25, 0.3) is 0 Å². The van der Waals surface area contributed by atoms with Gasteiger partial charge in [-0.2, -0.15) is 5.26 Å². The van der Waals surface area contributed by atoms with Crippen LogP contribution in [0.5, 0.6) is 0 Å². The highest BCUT2D eigenvalue weighted by atomic mass is 16.3. The fraction of sp³-hybridized carbons (Fsp3) is 0.400. The number of hydrogen-bond donors (Lipinski definition) is 1. The summed E-state index contributed by atoms with van der Waals surface area (Å²) in [5, 5.41) is 11.2. The standard InChI is InChI=1S/C10H12N2O2/c1-8(6-11)5-10(13)12-7-9-3-2-4-14-9/h2-4,8H,5,7H2,1H3,(H,12,13). The molecule has 0 aliphatic carbocycles. The van der Waals surface area contributed by atoms with Crippen LogP contribution in [-0.4, -0.2) is 5.91 Å². The molecule has 1 heterocycles. The van der Waals surface area contributed by atoms with Crippen LogP contribution in [-0.2, 0) is 11.3 Å². The van der Waals surface area contributed by atoms with Gasteiger partial charge in [0, 0.05) is 6.42 Å². The van der Waals surface area contributed by atoms with Gasteiger partial charge in [-0.05, 0) is 19.1 Å². The van der Waals surface area contributed by atoms with Crippen molar-refractivity contribution in [2.45, 2.75) is 19.9 Å². The molecule has 1 N–H and O–H groups in total. The lowest BCUT2D eigenvalue weighted by molar-refractivity contribution is -0.121. The van der Waals surface area contributed by atoms with Gasteiger partial charge in [-0.1, -0.05) is 0 Å². The second-order valence-corrected chi connectivity index (χ2v) is 3.09. The molecule has 1 unspecified atom stereocenters. The Morgan fingerprint density at radius 3 is 3.14 bits per heavy atom. The lowest BCUT2D eigenvalue weighted by Crippen LogP contribution is -2.23. The summed E-state index contributed by atoms with van der Waals surface area (Å²) in [5.74, 6) is 0.338. The van der Waals surface area contributed by atoms with E-state index in [0.717, 1.165) is 0 Å². The van der Waals surface area contributed by atoms with Gasteiger partial charge in [0.2, 0.25) is 5.91 Å². The van der Waals surface area contributed by atoms with Crippen LogP contribution in [0.2, 0.25) is 0 Å². The van der Waals surface area contributed by atoms with Crippen molar-refractivity contribution in [3.63, 3.8) is 0 Å². The van der Waals surface area contributed by atoms with Gasteiger partial charge in [-0.3, -0.25) is 4.79 Å². The van der Waals surface area contributed by atoms with Crippen LogP contribution in [0, 0.1) is 17.2 Å². The third kappa shape index (κ3) is 3.31. The Labute approximate surface area is 82.5 Å². The second-order valence-electron chi connectivity index (χ2n) is 3.09. The van der Waals surface area contributed by atoms with Crippen LogP contribution in [0.3, 0.4) is 0 Å². The van der Waals surface area contributed by atoms with Gasteiger partial charge in [0.05, 0.1) is 24.8 Å². The molecule has 0 fully saturated rings. The molecule has 1 rings (SSSR count). The zero-order valence-electron chi connectivity index (χ0n) is 7.99. The molecule has 0 spiro atoms. The molecule has 74 valence electrons. The van der Waals surface area contributed by atoms with Gasteiger partial charge >= 0.3 is 0 Å². The molecule has 0 radical (unpaired) electrons. The molecule has 1 aromatic heterocycles. The zero-order valence-corrected chi connectivity index (χ0v) is 7.99. The molecule has 0 aliphatic heterocycles. The number of carbonyl (C=O) groups excluding carboxylic acids is 1. The van der Waals surface area contributed by atoms with Crippen molar-refractivity contribution in [3.8, 4) is 6.07 Å². The van der Waals surface area contributed by atoms with Gasteiger partial charge in [0.1, 0.15) is 5.76 Å². The third-order valence-corrected chi connectivity index (χ3v) is 1.75. The van der Waals surface area contributed by atoms with E-state index in [1.807, 2.05) is 6.07 Å². The monoisotopic (exact) mass is 192 g/mol. The van der Waals surface area contributed by atoms with E-state index in [4.69, 9.17) is 9.68 Å². The van der Waals surface area contributed by atoms with Crippen LogP contribution >= 0.6 is 0 Å². The minimum Gasteiger partial charge on any atom is -0.467 e. The molecule has 1 aromatic rings. The Bertz CT molecular complexity index is 324. The molecular formula is C10H12N2O2. The number of nitrogens with zero attached hydrogens (tertiary/aromatic N) is 1. The van der Waals surface area contributed by atoms with E-state index in [0.29, 0.717) is 12.3 Å². The fourth-order valence-electron chi connectivity index (χ4n) is 0.995. The van der Waals surface area contributed by atoms with Crippen LogP contribution < -0.4 is 5.32 Å². The van der Waals surface area contributed by atoms with Crippen molar-refractivity contribution in [2.75, 3.05) is 0 Å². The largest absolute Gasteiger partial charge is 0.467 e. The predicted octanol–water partition coefficient (Wildman–Crippen LogP) is 1.45. The molecule has 0 saturated carbocycles.